The molecule has 0 atom stereocenters. The molecule has 0 aromatic heterocycles. The summed E-state index contributed by atoms with van der Waals surface area (Å²) in [5.41, 5.74) is 16.9. The van der Waals surface area contributed by atoms with Gasteiger partial charge in [0.15, 0.2) is 0 Å². The van der Waals surface area contributed by atoms with Crippen LogP contribution in [0.5, 0.6) is 5.75 Å². The van der Waals surface area contributed by atoms with Gasteiger partial charge in [-0.25, -0.2) is 0 Å². The van der Waals surface area contributed by atoms with Crippen molar-refractivity contribution in [3.63, 3.8) is 0 Å². The van der Waals surface area contributed by atoms with Crippen molar-refractivity contribution in [1.82, 2.24) is 10.2 Å². The first-order valence-corrected chi connectivity index (χ1v) is 14.1. The number of aliphatic imine (C=N–C) groups is 2. The molecular formula is C31H40N8O3. The molecule has 0 bridgehead atoms. The standard InChI is InChI=1S/C31H40N8O3/c1-18(32)22(16-35-23-11-12-23)17-39(3)31(41)26-13-10-21(15-36-26)24-6-5-7-25(29(24)42-4)37-27(19(2)33)14-28(34)38-30(40)20-8-9-20/h5-7,10,13-14,16,20,23,33,36-37H,8-9,11-12,15,17,32H2,1-4H3,(H2,34,38,40)/b22-18+,27-14+,33-19?,35-16?. The number of rotatable bonds is 12. The number of allylic oxidation sites excluding steroid dienone is 4. The summed E-state index contributed by atoms with van der Waals surface area (Å²) in [5.74, 6) is 0.187. The quantitative estimate of drug-likeness (QED) is 0.189. The second-order valence-electron chi connectivity index (χ2n) is 10.8. The number of para-hydroxylation sites is 1. The number of methoxy groups -OCH3 is 1. The van der Waals surface area contributed by atoms with Gasteiger partial charge in [-0.3, -0.25) is 14.6 Å². The van der Waals surface area contributed by atoms with Crippen molar-refractivity contribution in [2.45, 2.75) is 45.6 Å². The Kier molecular flexibility index (Phi) is 9.61. The molecule has 11 nitrogen and oxygen atoms in total. The lowest BCUT2D eigenvalue weighted by Gasteiger charge is -2.24. The van der Waals surface area contributed by atoms with Crippen LogP contribution < -0.4 is 26.8 Å². The number of carbonyl (C=O) groups is 2. The van der Waals surface area contributed by atoms with Crippen LogP contribution in [0.1, 0.15) is 45.1 Å². The van der Waals surface area contributed by atoms with Crippen LogP contribution in [0.15, 0.2) is 69.1 Å². The molecule has 2 amide bonds. The average Bonchev–Trinajstić information content (AvgIpc) is 3.88. The van der Waals surface area contributed by atoms with E-state index >= 15 is 0 Å². The molecule has 4 rings (SSSR count). The van der Waals surface area contributed by atoms with Crippen LogP contribution in [-0.2, 0) is 9.59 Å². The van der Waals surface area contributed by atoms with Gasteiger partial charge in [0.1, 0.15) is 17.3 Å². The van der Waals surface area contributed by atoms with Gasteiger partial charge < -0.3 is 37.1 Å². The first-order chi connectivity index (χ1) is 20.1. The maximum absolute atomic E-state index is 13.2. The Morgan fingerprint density at radius 2 is 1.93 bits per heavy atom. The zero-order chi connectivity index (χ0) is 30.4. The molecule has 42 heavy (non-hydrogen) atoms. The van der Waals surface area contributed by atoms with Crippen molar-refractivity contribution in [3.05, 3.63) is 64.7 Å². The second-order valence-corrected chi connectivity index (χ2v) is 10.8. The van der Waals surface area contributed by atoms with Crippen LogP contribution >= 0.6 is 0 Å². The average molecular weight is 573 g/mol. The zero-order valence-corrected chi connectivity index (χ0v) is 24.7. The van der Waals surface area contributed by atoms with E-state index in [0.29, 0.717) is 47.7 Å². The fourth-order valence-corrected chi connectivity index (χ4v) is 4.26. The van der Waals surface area contributed by atoms with E-state index < -0.39 is 0 Å². The van der Waals surface area contributed by atoms with Crippen molar-refractivity contribution in [2.24, 2.45) is 27.4 Å². The van der Waals surface area contributed by atoms with E-state index in [9.17, 15) is 9.59 Å². The smallest absolute Gasteiger partial charge is 0.269 e. The van der Waals surface area contributed by atoms with Crippen LogP contribution in [0, 0.1) is 11.3 Å². The molecule has 0 saturated heterocycles. The minimum absolute atomic E-state index is 0.0373. The van der Waals surface area contributed by atoms with Crippen LogP contribution in [-0.4, -0.2) is 67.8 Å². The summed E-state index contributed by atoms with van der Waals surface area (Å²) in [7, 11) is 3.31. The number of ether oxygens (including phenoxy) is 1. The number of amides is 2. The van der Waals surface area contributed by atoms with Crippen LogP contribution in [0.25, 0.3) is 5.57 Å². The number of hydrogen-bond donors (Lipinski definition) is 5. The lowest BCUT2D eigenvalue weighted by atomic mass is 10.0. The molecule has 3 aliphatic rings. The molecule has 1 heterocycles. The van der Waals surface area contributed by atoms with Crippen LogP contribution in [0.3, 0.4) is 0 Å². The third-order valence-electron chi connectivity index (χ3n) is 7.10. The van der Waals surface area contributed by atoms with Gasteiger partial charge in [-0.1, -0.05) is 18.2 Å². The van der Waals surface area contributed by atoms with Gasteiger partial charge in [-0.2, -0.15) is 4.99 Å². The van der Waals surface area contributed by atoms with E-state index in [-0.39, 0.29) is 29.3 Å². The summed E-state index contributed by atoms with van der Waals surface area (Å²) in [6.07, 6.45) is 10.8. The Bertz CT molecular complexity index is 1440. The maximum atomic E-state index is 13.2. The highest BCUT2D eigenvalue weighted by atomic mass is 16.5. The summed E-state index contributed by atoms with van der Waals surface area (Å²) in [6, 6.07) is 6.00. The van der Waals surface area contributed by atoms with Crippen molar-refractivity contribution < 1.29 is 14.3 Å². The van der Waals surface area contributed by atoms with Gasteiger partial charge in [0.2, 0.25) is 0 Å². The largest absolute Gasteiger partial charge is 0.494 e. The molecule has 1 aromatic carbocycles. The molecular weight excluding hydrogens is 532 g/mol. The number of nitrogens with one attached hydrogen (secondary N) is 3. The molecule has 2 saturated carbocycles. The second kappa shape index (κ2) is 13.3. The Hall–Kier alpha value is -4.67. The van der Waals surface area contributed by atoms with Gasteiger partial charge >= 0.3 is 0 Å². The van der Waals surface area contributed by atoms with Gasteiger partial charge in [0.25, 0.3) is 11.8 Å². The molecule has 0 radical (unpaired) electrons. The summed E-state index contributed by atoms with van der Waals surface area (Å²) in [5, 5.41) is 14.7. The van der Waals surface area contributed by atoms with E-state index in [4.69, 9.17) is 21.6 Å². The Morgan fingerprint density at radius 1 is 1.19 bits per heavy atom. The van der Waals surface area contributed by atoms with Crippen LogP contribution in [0.2, 0.25) is 0 Å². The number of amidine groups is 1. The zero-order valence-electron chi connectivity index (χ0n) is 24.7. The number of hydrogen-bond acceptors (Lipinski definition) is 8. The highest BCUT2D eigenvalue weighted by Crippen LogP contribution is 2.35. The Labute approximate surface area is 246 Å². The number of benzene rings is 1. The van der Waals surface area contributed by atoms with E-state index in [2.05, 4.69) is 20.6 Å². The fourth-order valence-electron chi connectivity index (χ4n) is 4.26. The molecule has 2 aliphatic carbocycles. The van der Waals surface area contributed by atoms with Crippen molar-refractivity contribution in [2.75, 3.05) is 32.6 Å². The third kappa shape index (κ3) is 7.96. The van der Waals surface area contributed by atoms with E-state index in [0.717, 1.165) is 42.4 Å². The monoisotopic (exact) mass is 572 g/mol. The topological polar surface area (TPSA) is 171 Å². The summed E-state index contributed by atoms with van der Waals surface area (Å²) >= 11 is 0. The van der Waals surface area contributed by atoms with Crippen LogP contribution in [0.4, 0.5) is 5.69 Å². The van der Waals surface area contributed by atoms with E-state index in [1.54, 1.807) is 38.3 Å². The lowest BCUT2D eigenvalue weighted by Crippen LogP contribution is -2.37. The first kappa shape index (κ1) is 30.3. The number of anilines is 1. The molecule has 222 valence electrons. The van der Waals surface area contributed by atoms with E-state index in [1.165, 1.54) is 6.08 Å². The van der Waals surface area contributed by atoms with Crippen molar-refractivity contribution in [1.29, 1.82) is 5.41 Å². The van der Waals surface area contributed by atoms with Crippen molar-refractivity contribution in [3.8, 4) is 5.75 Å². The number of carbonyl (C=O) groups excluding carboxylic acids is 2. The Balaban J connectivity index is 1.50. The minimum atomic E-state index is -0.229. The molecule has 1 aliphatic heterocycles. The molecule has 0 unspecified atom stereocenters. The summed E-state index contributed by atoms with van der Waals surface area (Å²) in [4.78, 5) is 35.3. The van der Waals surface area contributed by atoms with E-state index in [1.807, 2.05) is 31.2 Å². The predicted octanol–water partition coefficient (Wildman–Crippen LogP) is 3.12. The highest BCUT2D eigenvalue weighted by molar-refractivity contribution is 6.08. The molecule has 7 N–H and O–H groups in total. The number of dihydropyridines is 1. The lowest BCUT2D eigenvalue weighted by molar-refractivity contribution is -0.125. The van der Waals surface area contributed by atoms with Crippen molar-refractivity contribution >= 4 is 40.8 Å². The van der Waals surface area contributed by atoms with Gasteiger partial charge in [-0.05, 0) is 57.2 Å². The highest BCUT2D eigenvalue weighted by Gasteiger charge is 2.29. The Morgan fingerprint density at radius 3 is 2.50 bits per heavy atom. The molecule has 2 fully saturated rings. The number of nitrogens with two attached hydrogens (primary N) is 2. The van der Waals surface area contributed by atoms with Gasteiger partial charge in [0.05, 0.1) is 30.2 Å². The molecule has 11 heteroatoms. The van der Waals surface area contributed by atoms with Gasteiger partial charge in [0, 0.05) is 55.2 Å². The SMILES string of the molecule is COc1c(N/C(=C/C(N)=NC(=O)C2CC2)C(C)=N)cccc1C1=CC=C(C(=O)N(C)C/C(C=NC2CC2)=C(\C)N)NC1. The van der Waals surface area contributed by atoms with Gasteiger partial charge in [-0.15, -0.1) is 0 Å². The predicted molar refractivity (Wildman–Crippen MR) is 168 cm³/mol. The number of nitrogens with zero attached hydrogens (tertiary/aromatic N) is 3. The molecule has 0 spiro atoms. The molecule has 1 aromatic rings. The summed E-state index contributed by atoms with van der Waals surface area (Å²) < 4.78 is 5.77. The minimum Gasteiger partial charge on any atom is -0.494 e. The maximum Gasteiger partial charge on any atom is 0.269 e. The fraction of sp³-hybridized carbons (Fsp3) is 0.387. The summed E-state index contributed by atoms with van der Waals surface area (Å²) in [6.45, 7) is 4.20. The number of likely N-dealkylation sites (N-methyl/N-ethyl adjacent to an activating group) is 1. The third-order valence-corrected chi connectivity index (χ3v) is 7.10. The normalized spacial score (nSPS) is 18.0. The first-order valence-electron chi connectivity index (χ1n) is 14.1.